The number of anilines is 3. The zero-order valence-electron chi connectivity index (χ0n) is 30.2. The lowest BCUT2D eigenvalue weighted by Gasteiger charge is -2.28. The molecule has 4 nitrogen and oxygen atoms in total. The molecule has 12 rings (SSSR count). The number of rotatable bonds is 5. The highest BCUT2D eigenvalue weighted by atomic mass is 16.3. The lowest BCUT2D eigenvalue weighted by atomic mass is 9.98. The maximum atomic E-state index is 6.79. The standard InChI is InChI=1S/C52H32N2O2/c1-2-14-34-32-50-44(31-33(34)13-1)43-20-11-19-41(51(43)56-50)39-17-5-9-24-47(39)54(48-25-12-21-42-40-18-6-10-26-49(40)55-52(42)48)36-29-27-35(28-30-36)53-45-22-7-3-15-37(45)38-16-4-8-23-46(38)53/h1-32H. The molecule has 0 fully saturated rings. The minimum Gasteiger partial charge on any atom is -0.455 e. The Morgan fingerprint density at radius 3 is 1.70 bits per heavy atom. The summed E-state index contributed by atoms with van der Waals surface area (Å²) in [4.78, 5) is 2.34. The maximum absolute atomic E-state index is 6.79. The van der Waals surface area contributed by atoms with E-state index in [1.165, 1.54) is 27.2 Å². The van der Waals surface area contributed by atoms with Crippen LogP contribution in [-0.4, -0.2) is 4.57 Å². The minimum atomic E-state index is 0.837. The van der Waals surface area contributed by atoms with E-state index in [1.807, 2.05) is 12.1 Å². The van der Waals surface area contributed by atoms with Crippen molar-refractivity contribution in [3.8, 4) is 16.8 Å². The molecule has 0 amide bonds. The number of para-hydroxylation sites is 6. The molecule has 9 aromatic carbocycles. The molecule has 0 N–H and O–H groups in total. The second kappa shape index (κ2) is 12.0. The average molecular weight is 717 g/mol. The van der Waals surface area contributed by atoms with E-state index >= 15 is 0 Å². The summed E-state index contributed by atoms with van der Waals surface area (Å²) >= 11 is 0. The largest absolute Gasteiger partial charge is 0.455 e. The molecule has 0 spiro atoms. The Morgan fingerprint density at radius 1 is 0.357 bits per heavy atom. The van der Waals surface area contributed by atoms with Gasteiger partial charge in [-0.25, -0.2) is 0 Å². The van der Waals surface area contributed by atoms with E-state index in [1.54, 1.807) is 0 Å². The molecule has 0 aliphatic carbocycles. The van der Waals surface area contributed by atoms with E-state index in [0.29, 0.717) is 0 Å². The van der Waals surface area contributed by atoms with Crippen molar-refractivity contribution in [1.29, 1.82) is 0 Å². The van der Waals surface area contributed by atoms with Crippen molar-refractivity contribution < 1.29 is 8.83 Å². The van der Waals surface area contributed by atoms with Gasteiger partial charge in [0.1, 0.15) is 16.7 Å². The first-order valence-electron chi connectivity index (χ1n) is 19.0. The fourth-order valence-electron chi connectivity index (χ4n) is 8.86. The summed E-state index contributed by atoms with van der Waals surface area (Å²) in [6.07, 6.45) is 0. The molecule has 56 heavy (non-hydrogen) atoms. The van der Waals surface area contributed by atoms with Crippen LogP contribution in [0.25, 0.3) is 93.3 Å². The molecule has 0 atom stereocenters. The van der Waals surface area contributed by atoms with Crippen LogP contribution in [0.5, 0.6) is 0 Å². The number of fused-ring (bicyclic) bond motifs is 10. The molecule has 0 aliphatic heterocycles. The van der Waals surface area contributed by atoms with Crippen molar-refractivity contribution in [2.75, 3.05) is 4.90 Å². The fraction of sp³-hybridized carbons (Fsp3) is 0. The molecule has 0 saturated carbocycles. The van der Waals surface area contributed by atoms with E-state index < -0.39 is 0 Å². The van der Waals surface area contributed by atoms with Gasteiger partial charge in [0.25, 0.3) is 0 Å². The first-order chi connectivity index (χ1) is 27.8. The van der Waals surface area contributed by atoms with Gasteiger partial charge in [-0.05, 0) is 77.5 Å². The third-order valence-electron chi connectivity index (χ3n) is 11.4. The van der Waals surface area contributed by atoms with Crippen molar-refractivity contribution in [1.82, 2.24) is 4.57 Å². The average Bonchev–Trinajstić information content (AvgIpc) is 3.93. The molecule has 262 valence electrons. The van der Waals surface area contributed by atoms with Crippen LogP contribution in [0.2, 0.25) is 0 Å². The molecule has 0 bridgehead atoms. The van der Waals surface area contributed by atoms with Crippen LogP contribution in [0, 0.1) is 0 Å². The molecule has 0 unspecified atom stereocenters. The van der Waals surface area contributed by atoms with Crippen LogP contribution in [-0.2, 0) is 0 Å². The highest BCUT2D eigenvalue weighted by molar-refractivity contribution is 6.15. The van der Waals surface area contributed by atoms with Crippen LogP contribution < -0.4 is 4.90 Å². The number of hydrogen-bond acceptors (Lipinski definition) is 3. The molecule has 12 aromatic rings. The number of benzene rings is 9. The summed E-state index contributed by atoms with van der Waals surface area (Å²) in [7, 11) is 0. The summed E-state index contributed by atoms with van der Waals surface area (Å²) < 4.78 is 15.9. The number of hydrogen-bond donors (Lipinski definition) is 0. The zero-order valence-corrected chi connectivity index (χ0v) is 30.2. The Kier molecular flexibility index (Phi) is 6.60. The highest BCUT2D eigenvalue weighted by Crippen LogP contribution is 2.47. The minimum absolute atomic E-state index is 0.837. The molecule has 0 saturated heterocycles. The molecule has 0 radical (unpaired) electrons. The summed E-state index contributed by atoms with van der Waals surface area (Å²) in [5.41, 5.74) is 12.0. The fourth-order valence-corrected chi connectivity index (χ4v) is 8.86. The monoisotopic (exact) mass is 716 g/mol. The number of nitrogens with zero attached hydrogens (tertiary/aromatic N) is 2. The van der Waals surface area contributed by atoms with Gasteiger partial charge in [-0.15, -0.1) is 0 Å². The number of furan rings is 2. The van der Waals surface area contributed by atoms with Gasteiger partial charge in [0.05, 0.1) is 22.4 Å². The van der Waals surface area contributed by atoms with Crippen molar-refractivity contribution >= 4 is 93.5 Å². The van der Waals surface area contributed by atoms with Gasteiger partial charge in [-0.3, -0.25) is 0 Å². The predicted molar refractivity (Wildman–Crippen MR) is 233 cm³/mol. The van der Waals surface area contributed by atoms with Crippen molar-refractivity contribution in [3.63, 3.8) is 0 Å². The summed E-state index contributed by atoms with van der Waals surface area (Å²) in [6.45, 7) is 0. The maximum Gasteiger partial charge on any atom is 0.159 e. The van der Waals surface area contributed by atoms with Gasteiger partial charge >= 0.3 is 0 Å². The molecule has 3 heterocycles. The van der Waals surface area contributed by atoms with Crippen LogP contribution >= 0.6 is 0 Å². The van der Waals surface area contributed by atoms with E-state index in [0.717, 1.165) is 83.1 Å². The lowest BCUT2D eigenvalue weighted by Crippen LogP contribution is -2.11. The van der Waals surface area contributed by atoms with E-state index in [4.69, 9.17) is 8.83 Å². The molecular weight excluding hydrogens is 685 g/mol. The lowest BCUT2D eigenvalue weighted by molar-refractivity contribution is 0.669. The molecule has 4 heteroatoms. The van der Waals surface area contributed by atoms with Crippen molar-refractivity contribution in [3.05, 3.63) is 194 Å². The third-order valence-corrected chi connectivity index (χ3v) is 11.4. The summed E-state index contributed by atoms with van der Waals surface area (Å²) in [5, 5.41) is 9.23. The second-order valence-electron chi connectivity index (χ2n) is 14.5. The van der Waals surface area contributed by atoms with Crippen molar-refractivity contribution in [2.24, 2.45) is 0 Å². The summed E-state index contributed by atoms with van der Waals surface area (Å²) in [6, 6.07) is 68.9. The molecule has 0 aliphatic rings. The second-order valence-corrected chi connectivity index (χ2v) is 14.5. The third kappa shape index (κ3) is 4.53. The Balaban J connectivity index is 1.09. The first kappa shape index (κ1) is 30.9. The zero-order chi connectivity index (χ0) is 36.7. The van der Waals surface area contributed by atoms with Crippen molar-refractivity contribution in [2.45, 2.75) is 0 Å². The van der Waals surface area contributed by atoms with Gasteiger partial charge in [-0.2, -0.15) is 0 Å². The van der Waals surface area contributed by atoms with Crippen LogP contribution in [0.4, 0.5) is 17.1 Å². The molecular formula is C52H32N2O2. The summed E-state index contributed by atoms with van der Waals surface area (Å²) in [5.74, 6) is 0. The van der Waals surface area contributed by atoms with E-state index in [9.17, 15) is 0 Å². The van der Waals surface area contributed by atoms with Gasteiger partial charge in [0, 0.05) is 54.8 Å². The van der Waals surface area contributed by atoms with Gasteiger partial charge in [0.2, 0.25) is 0 Å². The van der Waals surface area contributed by atoms with Crippen LogP contribution in [0.15, 0.2) is 203 Å². The first-order valence-corrected chi connectivity index (χ1v) is 19.0. The smallest absolute Gasteiger partial charge is 0.159 e. The molecule has 3 aromatic heterocycles. The Bertz CT molecular complexity index is 3440. The Morgan fingerprint density at radius 2 is 0.911 bits per heavy atom. The van der Waals surface area contributed by atoms with Crippen LogP contribution in [0.1, 0.15) is 0 Å². The van der Waals surface area contributed by atoms with Gasteiger partial charge in [0.15, 0.2) is 5.58 Å². The highest BCUT2D eigenvalue weighted by Gasteiger charge is 2.24. The van der Waals surface area contributed by atoms with Crippen LogP contribution in [0.3, 0.4) is 0 Å². The predicted octanol–water partition coefficient (Wildman–Crippen LogP) is 14.9. The SMILES string of the molecule is c1ccc(N(c2ccc(-n3c4ccccc4c4ccccc43)cc2)c2cccc3c2oc2ccccc23)c(-c2cccc3c2oc2cc4ccccc4cc23)c1. The van der Waals surface area contributed by atoms with E-state index in [2.05, 4.69) is 191 Å². The normalized spacial score (nSPS) is 11.9. The number of aromatic nitrogens is 1. The van der Waals surface area contributed by atoms with Gasteiger partial charge in [-0.1, -0.05) is 127 Å². The Hall–Kier alpha value is -7.56. The quantitative estimate of drug-likeness (QED) is 0.178. The van der Waals surface area contributed by atoms with Gasteiger partial charge < -0.3 is 18.3 Å². The van der Waals surface area contributed by atoms with E-state index in [-0.39, 0.29) is 0 Å². The Labute approximate surface area is 321 Å². The topological polar surface area (TPSA) is 34.5 Å².